The van der Waals surface area contributed by atoms with Crippen LogP contribution in [0.4, 0.5) is 0 Å². The van der Waals surface area contributed by atoms with Gasteiger partial charge in [0.25, 0.3) is 0 Å². The molecule has 4 heteroatoms. The highest BCUT2D eigenvalue weighted by Gasteiger charge is 2.15. The average Bonchev–Trinajstić information content (AvgIpc) is 3.69. The molecule has 0 atom stereocenters. The lowest BCUT2D eigenvalue weighted by atomic mass is 10.0. The predicted molar refractivity (Wildman–Crippen MR) is 211 cm³/mol. The second-order valence-corrected chi connectivity index (χ2v) is 12.6. The molecule has 0 radical (unpaired) electrons. The highest BCUT2D eigenvalue weighted by molar-refractivity contribution is 6.13. The van der Waals surface area contributed by atoms with Crippen molar-refractivity contribution in [3.05, 3.63) is 193 Å². The number of rotatable bonds is 7. The van der Waals surface area contributed by atoms with Crippen LogP contribution < -0.4 is 5.73 Å². The van der Waals surface area contributed by atoms with Crippen molar-refractivity contribution in [2.45, 2.75) is 6.67 Å². The van der Waals surface area contributed by atoms with Crippen LogP contribution in [0.15, 0.2) is 187 Å². The van der Waals surface area contributed by atoms with E-state index in [1.165, 1.54) is 43.7 Å². The lowest BCUT2D eigenvalue weighted by molar-refractivity contribution is 0.793. The van der Waals surface area contributed by atoms with Crippen LogP contribution in [0.1, 0.15) is 11.1 Å². The standard InChI is InChI=1S/C46H34N4/c47-41(32-14-4-1-5-15-32)30-42(33-16-6-2-7-17-33)48-31-49-43-22-12-10-20-37(43)39-26-24-35(29-46(39)49)34-25-27-45-40(28-34)38-21-11-13-23-44(38)50(45)36-18-8-3-9-19-36/h1-30H,31,47H2. The maximum absolute atomic E-state index is 6.63. The molecular formula is C46H34N4. The van der Waals surface area contributed by atoms with Crippen LogP contribution in [0.25, 0.3) is 66.1 Å². The normalized spacial score (nSPS) is 12.4. The highest BCUT2D eigenvalue weighted by Crippen LogP contribution is 2.37. The fourth-order valence-electron chi connectivity index (χ4n) is 7.23. The maximum Gasteiger partial charge on any atom is 0.115 e. The van der Waals surface area contributed by atoms with E-state index >= 15 is 0 Å². The zero-order valence-corrected chi connectivity index (χ0v) is 27.4. The Labute approximate surface area is 290 Å². The van der Waals surface area contributed by atoms with E-state index in [1.54, 1.807) is 0 Å². The minimum atomic E-state index is 0.444. The predicted octanol–water partition coefficient (Wildman–Crippen LogP) is 11.0. The average molecular weight is 643 g/mol. The zero-order chi connectivity index (χ0) is 33.4. The molecule has 0 amide bonds. The molecule has 0 saturated heterocycles. The number of para-hydroxylation sites is 3. The number of aliphatic imine (C=N–C) groups is 1. The summed E-state index contributed by atoms with van der Waals surface area (Å²) in [5.74, 6) is 0. The van der Waals surface area contributed by atoms with Crippen LogP contribution >= 0.6 is 0 Å². The second-order valence-electron chi connectivity index (χ2n) is 12.6. The van der Waals surface area contributed by atoms with Gasteiger partial charge in [0.2, 0.25) is 0 Å². The lowest BCUT2D eigenvalue weighted by Crippen LogP contribution is -2.06. The monoisotopic (exact) mass is 642 g/mol. The van der Waals surface area contributed by atoms with E-state index in [2.05, 4.69) is 137 Å². The van der Waals surface area contributed by atoms with Crippen LogP contribution in [-0.2, 0) is 6.67 Å². The van der Waals surface area contributed by atoms with Gasteiger partial charge in [-0.1, -0.05) is 133 Å². The second kappa shape index (κ2) is 12.4. The molecule has 238 valence electrons. The molecule has 50 heavy (non-hydrogen) atoms. The van der Waals surface area contributed by atoms with Crippen molar-refractivity contribution in [2.75, 3.05) is 0 Å². The van der Waals surface area contributed by atoms with E-state index in [4.69, 9.17) is 10.7 Å². The number of nitrogens with two attached hydrogens (primary N) is 1. The third kappa shape index (κ3) is 5.15. The van der Waals surface area contributed by atoms with Gasteiger partial charge >= 0.3 is 0 Å². The molecule has 7 aromatic carbocycles. The van der Waals surface area contributed by atoms with Gasteiger partial charge in [-0.2, -0.15) is 0 Å². The number of hydrogen-bond donors (Lipinski definition) is 1. The summed E-state index contributed by atoms with van der Waals surface area (Å²) in [6, 6.07) is 61.9. The van der Waals surface area contributed by atoms with Crippen molar-refractivity contribution in [3.8, 4) is 16.8 Å². The SMILES string of the molecule is NC(=CC(=NCn1c2ccccc2c2ccc(-c3ccc4c(c3)c3ccccc3n4-c3ccccc3)cc21)c1ccccc1)c1ccccc1. The van der Waals surface area contributed by atoms with Crippen LogP contribution in [0.2, 0.25) is 0 Å². The fraction of sp³-hybridized carbons (Fsp3) is 0.0217. The molecule has 2 heterocycles. The molecule has 9 aromatic rings. The summed E-state index contributed by atoms with van der Waals surface area (Å²) in [5.41, 5.74) is 18.4. The van der Waals surface area contributed by atoms with Gasteiger partial charge in [0.05, 0.1) is 27.8 Å². The van der Waals surface area contributed by atoms with Gasteiger partial charge < -0.3 is 14.9 Å². The molecule has 0 aliphatic rings. The largest absolute Gasteiger partial charge is 0.398 e. The van der Waals surface area contributed by atoms with Gasteiger partial charge in [-0.05, 0) is 70.8 Å². The van der Waals surface area contributed by atoms with Crippen LogP contribution in [-0.4, -0.2) is 14.8 Å². The van der Waals surface area contributed by atoms with Gasteiger partial charge in [-0.25, -0.2) is 0 Å². The molecule has 0 aliphatic heterocycles. The van der Waals surface area contributed by atoms with Crippen LogP contribution in [0.3, 0.4) is 0 Å². The first kappa shape index (κ1) is 29.5. The summed E-state index contributed by atoms with van der Waals surface area (Å²) in [5, 5.41) is 4.91. The number of aromatic nitrogens is 2. The number of hydrogen-bond acceptors (Lipinski definition) is 2. The third-order valence-corrected chi connectivity index (χ3v) is 9.65. The summed E-state index contributed by atoms with van der Waals surface area (Å²) in [6.07, 6.45) is 1.99. The third-order valence-electron chi connectivity index (χ3n) is 9.65. The Hall–Kier alpha value is -6.65. The highest BCUT2D eigenvalue weighted by atomic mass is 15.1. The molecule has 2 N–H and O–H groups in total. The van der Waals surface area contributed by atoms with E-state index < -0.39 is 0 Å². The molecule has 4 nitrogen and oxygen atoms in total. The van der Waals surface area contributed by atoms with E-state index in [0.717, 1.165) is 33.6 Å². The molecule has 0 unspecified atom stereocenters. The van der Waals surface area contributed by atoms with E-state index in [-0.39, 0.29) is 0 Å². The molecular weight excluding hydrogens is 609 g/mol. The van der Waals surface area contributed by atoms with Crippen molar-refractivity contribution in [1.82, 2.24) is 9.13 Å². The van der Waals surface area contributed by atoms with Crippen molar-refractivity contribution < 1.29 is 0 Å². The van der Waals surface area contributed by atoms with E-state index in [0.29, 0.717) is 12.4 Å². The summed E-state index contributed by atoms with van der Waals surface area (Å²) < 4.78 is 4.68. The fourth-order valence-corrected chi connectivity index (χ4v) is 7.23. The molecule has 0 fully saturated rings. The summed E-state index contributed by atoms with van der Waals surface area (Å²) >= 11 is 0. The topological polar surface area (TPSA) is 48.2 Å². The molecule has 0 aliphatic carbocycles. The number of nitrogens with zero attached hydrogens (tertiary/aromatic N) is 3. The molecule has 0 bridgehead atoms. The van der Waals surface area contributed by atoms with Gasteiger partial charge in [0, 0.05) is 32.9 Å². The minimum Gasteiger partial charge on any atom is -0.398 e. The van der Waals surface area contributed by atoms with Gasteiger partial charge in [-0.3, -0.25) is 4.99 Å². The first-order chi connectivity index (χ1) is 24.7. The Morgan fingerprint density at radius 2 is 1.02 bits per heavy atom. The van der Waals surface area contributed by atoms with Crippen molar-refractivity contribution >= 4 is 55.0 Å². The molecule has 0 spiro atoms. The maximum atomic E-state index is 6.63. The Morgan fingerprint density at radius 1 is 0.480 bits per heavy atom. The van der Waals surface area contributed by atoms with E-state index in [9.17, 15) is 0 Å². The Balaban J connectivity index is 1.18. The summed E-state index contributed by atoms with van der Waals surface area (Å²) in [4.78, 5) is 5.23. The molecule has 2 aromatic heterocycles. The van der Waals surface area contributed by atoms with Crippen LogP contribution in [0, 0.1) is 0 Å². The molecule has 0 saturated carbocycles. The number of fused-ring (bicyclic) bond motifs is 6. The smallest absolute Gasteiger partial charge is 0.115 e. The lowest BCUT2D eigenvalue weighted by Gasteiger charge is -2.10. The van der Waals surface area contributed by atoms with E-state index in [1.807, 2.05) is 54.6 Å². The number of allylic oxidation sites excluding steroid dienone is 1. The van der Waals surface area contributed by atoms with Crippen molar-refractivity contribution in [2.24, 2.45) is 10.7 Å². The Kier molecular flexibility index (Phi) is 7.33. The summed E-state index contributed by atoms with van der Waals surface area (Å²) in [7, 11) is 0. The minimum absolute atomic E-state index is 0.444. The van der Waals surface area contributed by atoms with Crippen LogP contribution in [0.5, 0.6) is 0 Å². The van der Waals surface area contributed by atoms with Gasteiger partial charge in [0.15, 0.2) is 0 Å². The van der Waals surface area contributed by atoms with Crippen molar-refractivity contribution in [3.63, 3.8) is 0 Å². The zero-order valence-electron chi connectivity index (χ0n) is 27.4. The summed E-state index contributed by atoms with van der Waals surface area (Å²) in [6.45, 7) is 0.444. The quantitative estimate of drug-likeness (QED) is 0.173. The number of benzene rings is 7. The van der Waals surface area contributed by atoms with Gasteiger partial charge in [-0.15, -0.1) is 0 Å². The van der Waals surface area contributed by atoms with Gasteiger partial charge in [0.1, 0.15) is 6.67 Å². The van der Waals surface area contributed by atoms with Crippen molar-refractivity contribution in [1.29, 1.82) is 0 Å². The first-order valence-electron chi connectivity index (χ1n) is 17.0. The Morgan fingerprint density at radius 3 is 1.76 bits per heavy atom. The Bertz CT molecular complexity index is 2720. The molecule has 9 rings (SSSR count). The first-order valence-corrected chi connectivity index (χ1v) is 17.0.